The van der Waals surface area contributed by atoms with Crippen LogP contribution in [-0.4, -0.2) is 45.2 Å². The Balaban J connectivity index is 2.07. The van der Waals surface area contributed by atoms with Gasteiger partial charge >= 0.3 is 0 Å². The number of halogens is 1. The molecule has 0 radical (unpaired) electrons. The molecule has 0 aromatic heterocycles. The van der Waals surface area contributed by atoms with Crippen molar-refractivity contribution in [3.05, 3.63) is 46.4 Å². The summed E-state index contributed by atoms with van der Waals surface area (Å²) in [5.74, 6) is 1.43. The first-order valence-corrected chi connectivity index (χ1v) is 10.8. The van der Waals surface area contributed by atoms with Gasteiger partial charge in [-0.3, -0.25) is 9.69 Å². The lowest BCUT2D eigenvalue weighted by Gasteiger charge is -2.29. The van der Waals surface area contributed by atoms with Gasteiger partial charge in [-0.25, -0.2) is 0 Å². The Morgan fingerprint density at radius 2 is 1.70 bits per heavy atom. The Labute approximate surface area is 187 Å². The van der Waals surface area contributed by atoms with Crippen LogP contribution in [0.3, 0.4) is 0 Å². The van der Waals surface area contributed by atoms with E-state index in [-0.39, 0.29) is 11.9 Å². The van der Waals surface area contributed by atoms with Crippen LogP contribution in [0.2, 0.25) is 0 Å². The third kappa shape index (κ3) is 6.12. The highest BCUT2D eigenvalue weighted by molar-refractivity contribution is 9.10. The molecule has 1 amide bonds. The molecule has 0 fully saturated rings. The van der Waals surface area contributed by atoms with Crippen LogP contribution in [0.5, 0.6) is 17.2 Å². The van der Waals surface area contributed by atoms with Gasteiger partial charge in [0.05, 0.1) is 21.3 Å². The van der Waals surface area contributed by atoms with E-state index >= 15 is 0 Å². The van der Waals surface area contributed by atoms with Crippen LogP contribution in [0.4, 0.5) is 5.69 Å². The lowest BCUT2D eigenvalue weighted by molar-refractivity contribution is -0.116. The van der Waals surface area contributed by atoms with Gasteiger partial charge in [-0.15, -0.1) is 0 Å². The monoisotopic (exact) mass is 478 g/mol. The maximum Gasteiger partial charge on any atom is 0.225 e. The topological polar surface area (TPSA) is 60.0 Å². The number of nitrogens with zero attached hydrogens (tertiary/aromatic N) is 1. The van der Waals surface area contributed by atoms with E-state index in [0.29, 0.717) is 35.9 Å². The van der Waals surface area contributed by atoms with E-state index in [0.717, 1.165) is 17.4 Å². The zero-order valence-corrected chi connectivity index (χ0v) is 19.9. The number of nitrogens with one attached hydrogen (secondary N) is 1. The van der Waals surface area contributed by atoms with Crippen LogP contribution in [0.1, 0.15) is 38.3 Å². The van der Waals surface area contributed by atoms with E-state index in [1.807, 2.05) is 18.2 Å². The predicted octanol–water partition coefficient (Wildman–Crippen LogP) is 5.28. The molecule has 0 aliphatic carbocycles. The Kier molecular flexibility index (Phi) is 9.46. The molecule has 2 aromatic carbocycles. The van der Waals surface area contributed by atoms with E-state index < -0.39 is 0 Å². The lowest BCUT2D eigenvalue weighted by Crippen LogP contribution is -2.31. The summed E-state index contributed by atoms with van der Waals surface area (Å²) in [5, 5.41) is 2.94. The quantitative estimate of drug-likeness (QED) is 0.476. The fourth-order valence-electron chi connectivity index (χ4n) is 3.42. The van der Waals surface area contributed by atoms with E-state index in [2.05, 4.69) is 46.1 Å². The first kappa shape index (κ1) is 24.0. The second-order valence-corrected chi connectivity index (χ2v) is 7.80. The molecule has 0 aliphatic rings. The molecule has 2 aromatic rings. The highest BCUT2D eigenvalue weighted by Crippen LogP contribution is 2.40. The number of hydrogen-bond acceptors (Lipinski definition) is 5. The largest absolute Gasteiger partial charge is 0.493 e. The van der Waals surface area contributed by atoms with Gasteiger partial charge in [0.15, 0.2) is 11.5 Å². The van der Waals surface area contributed by atoms with Crippen LogP contribution in [0, 0.1) is 0 Å². The van der Waals surface area contributed by atoms with Gasteiger partial charge in [0.25, 0.3) is 0 Å². The fraction of sp³-hybridized carbons (Fsp3) is 0.435. The number of methoxy groups -OCH3 is 3. The molecule has 7 heteroatoms. The van der Waals surface area contributed by atoms with Crippen molar-refractivity contribution in [2.75, 3.05) is 39.7 Å². The molecule has 164 valence electrons. The minimum Gasteiger partial charge on any atom is -0.493 e. The molecule has 0 spiro atoms. The zero-order valence-electron chi connectivity index (χ0n) is 18.3. The van der Waals surface area contributed by atoms with Crippen molar-refractivity contribution in [2.24, 2.45) is 0 Å². The van der Waals surface area contributed by atoms with E-state index in [9.17, 15) is 4.79 Å². The third-order valence-corrected chi connectivity index (χ3v) is 5.71. The molecule has 1 unspecified atom stereocenters. The first-order chi connectivity index (χ1) is 14.4. The minimum atomic E-state index is -0.0651. The van der Waals surface area contributed by atoms with E-state index in [1.165, 1.54) is 5.56 Å². The molecular weight excluding hydrogens is 448 g/mol. The van der Waals surface area contributed by atoms with Crippen molar-refractivity contribution in [1.82, 2.24) is 4.90 Å². The van der Waals surface area contributed by atoms with E-state index in [4.69, 9.17) is 14.2 Å². The predicted molar refractivity (Wildman–Crippen MR) is 124 cm³/mol. The normalized spacial score (nSPS) is 11.8. The SMILES string of the molecule is CCCN(CCC(=O)Nc1cc(OC)c(OC)c(OC)c1)C(C)c1ccccc1Br. The number of anilines is 1. The summed E-state index contributed by atoms with van der Waals surface area (Å²) < 4.78 is 17.1. The van der Waals surface area contributed by atoms with Crippen LogP contribution < -0.4 is 19.5 Å². The second kappa shape index (κ2) is 11.8. The molecule has 30 heavy (non-hydrogen) atoms. The van der Waals surface area contributed by atoms with Gasteiger partial charge in [0, 0.05) is 41.3 Å². The molecule has 0 heterocycles. The Hall–Kier alpha value is -2.25. The van der Waals surface area contributed by atoms with Crippen molar-refractivity contribution in [3.63, 3.8) is 0 Å². The standard InChI is InChI=1S/C23H31BrN2O4/c1-6-12-26(16(2)18-9-7-8-10-19(18)24)13-11-22(27)25-17-14-20(28-3)23(30-5)21(15-17)29-4/h7-10,14-16H,6,11-13H2,1-5H3,(H,25,27). The average molecular weight is 479 g/mol. The molecule has 1 atom stereocenters. The zero-order chi connectivity index (χ0) is 22.1. The minimum absolute atomic E-state index is 0.0651. The van der Waals surface area contributed by atoms with Gasteiger partial charge in [-0.05, 0) is 31.5 Å². The summed E-state index contributed by atoms with van der Waals surface area (Å²) in [6.07, 6.45) is 1.40. The number of ether oxygens (including phenoxy) is 3. The summed E-state index contributed by atoms with van der Waals surface area (Å²) >= 11 is 3.64. The smallest absolute Gasteiger partial charge is 0.225 e. The second-order valence-electron chi connectivity index (χ2n) is 6.95. The highest BCUT2D eigenvalue weighted by Gasteiger charge is 2.19. The lowest BCUT2D eigenvalue weighted by atomic mass is 10.1. The molecule has 0 bridgehead atoms. The van der Waals surface area contributed by atoms with Crippen molar-refractivity contribution in [1.29, 1.82) is 0 Å². The molecule has 2 rings (SSSR count). The molecule has 0 saturated heterocycles. The number of carbonyl (C=O) groups excluding carboxylic acids is 1. The Morgan fingerprint density at radius 1 is 1.07 bits per heavy atom. The van der Waals surface area contributed by atoms with E-state index in [1.54, 1.807) is 33.5 Å². The molecule has 6 nitrogen and oxygen atoms in total. The third-order valence-electron chi connectivity index (χ3n) is 4.99. The Bertz CT molecular complexity index is 819. The summed E-state index contributed by atoms with van der Waals surface area (Å²) in [4.78, 5) is 15.0. The van der Waals surface area contributed by atoms with Gasteiger partial charge < -0.3 is 19.5 Å². The number of rotatable bonds is 11. The number of carbonyl (C=O) groups is 1. The molecule has 1 N–H and O–H groups in total. The maximum absolute atomic E-state index is 12.6. The molecule has 0 aliphatic heterocycles. The van der Waals surface area contributed by atoms with Crippen LogP contribution >= 0.6 is 15.9 Å². The summed E-state index contributed by atoms with van der Waals surface area (Å²) in [5.41, 5.74) is 1.83. The first-order valence-electron chi connectivity index (χ1n) is 10.0. The average Bonchev–Trinajstić information content (AvgIpc) is 2.75. The fourth-order valence-corrected chi connectivity index (χ4v) is 4.03. The van der Waals surface area contributed by atoms with Crippen LogP contribution in [0.25, 0.3) is 0 Å². The van der Waals surface area contributed by atoms with Gasteiger partial charge in [0.1, 0.15) is 0 Å². The van der Waals surface area contributed by atoms with Crippen LogP contribution in [-0.2, 0) is 4.79 Å². The number of benzene rings is 2. The van der Waals surface area contributed by atoms with Gasteiger partial charge in [-0.2, -0.15) is 0 Å². The summed E-state index contributed by atoms with van der Waals surface area (Å²) in [6.45, 7) is 5.90. The number of amides is 1. The summed E-state index contributed by atoms with van der Waals surface area (Å²) in [6, 6.07) is 11.9. The van der Waals surface area contributed by atoms with Crippen LogP contribution in [0.15, 0.2) is 40.9 Å². The van der Waals surface area contributed by atoms with Crippen molar-refractivity contribution in [3.8, 4) is 17.2 Å². The molecule has 0 saturated carbocycles. The van der Waals surface area contributed by atoms with Crippen molar-refractivity contribution >= 4 is 27.5 Å². The van der Waals surface area contributed by atoms with Gasteiger partial charge in [-0.1, -0.05) is 41.1 Å². The molecular formula is C23H31BrN2O4. The highest BCUT2D eigenvalue weighted by atomic mass is 79.9. The Morgan fingerprint density at radius 3 is 2.23 bits per heavy atom. The summed E-state index contributed by atoms with van der Waals surface area (Å²) in [7, 11) is 4.65. The maximum atomic E-state index is 12.6. The van der Waals surface area contributed by atoms with Crippen molar-refractivity contribution in [2.45, 2.75) is 32.7 Å². The number of hydrogen-bond donors (Lipinski definition) is 1. The van der Waals surface area contributed by atoms with Gasteiger partial charge in [0.2, 0.25) is 11.7 Å². The van der Waals surface area contributed by atoms with Crippen molar-refractivity contribution < 1.29 is 19.0 Å².